The van der Waals surface area contributed by atoms with Crippen LogP contribution < -0.4 is 10.1 Å². The summed E-state index contributed by atoms with van der Waals surface area (Å²) in [4.78, 5) is 0. The van der Waals surface area contributed by atoms with E-state index in [-0.39, 0.29) is 6.10 Å². The van der Waals surface area contributed by atoms with Crippen molar-refractivity contribution in [1.29, 1.82) is 0 Å². The molecular weight excluding hydrogens is 294 g/mol. The molecule has 0 saturated heterocycles. The summed E-state index contributed by atoms with van der Waals surface area (Å²) < 4.78 is 5.83. The van der Waals surface area contributed by atoms with Gasteiger partial charge in [-0.15, -0.1) is 10.2 Å². The SMILES string of the molecule is CNCCCc1nnc(C(C)Oc2cccc(Cl)c2)s1. The van der Waals surface area contributed by atoms with E-state index >= 15 is 0 Å². The molecule has 1 unspecified atom stereocenters. The lowest BCUT2D eigenvalue weighted by molar-refractivity contribution is 0.225. The highest BCUT2D eigenvalue weighted by atomic mass is 35.5. The zero-order chi connectivity index (χ0) is 14.4. The van der Waals surface area contributed by atoms with Crippen LogP contribution in [0.15, 0.2) is 24.3 Å². The Balaban J connectivity index is 1.93. The van der Waals surface area contributed by atoms with Crippen molar-refractivity contribution in [2.24, 2.45) is 0 Å². The van der Waals surface area contributed by atoms with Crippen molar-refractivity contribution in [3.8, 4) is 5.75 Å². The Hall–Kier alpha value is -1.17. The average Bonchev–Trinajstić information content (AvgIpc) is 2.88. The maximum absolute atomic E-state index is 5.94. The molecule has 0 saturated carbocycles. The topological polar surface area (TPSA) is 47.0 Å². The predicted molar refractivity (Wildman–Crippen MR) is 82.7 cm³/mol. The van der Waals surface area contributed by atoms with Crippen LogP contribution in [-0.4, -0.2) is 23.8 Å². The van der Waals surface area contributed by atoms with Crippen LogP contribution in [0, 0.1) is 0 Å². The maximum Gasteiger partial charge on any atom is 0.157 e. The minimum atomic E-state index is -0.121. The van der Waals surface area contributed by atoms with Crippen molar-refractivity contribution in [3.05, 3.63) is 39.3 Å². The van der Waals surface area contributed by atoms with Crippen molar-refractivity contribution in [2.75, 3.05) is 13.6 Å². The third kappa shape index (κ3) is 4.44. The molecule has 0 bridgehead atoms. The highest BCUT2D eigenvalue weighted by Crippen LogP contribution is 2.26. The van der Waals surface area contributed by atoms with E-state index < -0.39 is 0 Å². The monoisotopic (exact) mass is 311 g/mol. The van der Waals surface area contributed by atoms with E-state index in [1.54, 1.807) is 17.4 Å². The molecular formula is C14H18ClN3OS. The van der Waals surface area contributed by atoms with Gasteiger partial charge in [-0.3, -0.25) is 0 Å². The number of benzene rings is 1. The molecule has 1 N–H and O–H groups in total. The Morgan fingerprint density at radius 3 is 3.00 bits per heavy atom. The highest BCUT2D eigenvalue weighted by Gasteiger charge is 2.13. The first-order chi connectivity index (χ1) is 9.69. The second-order valence-electron chi connectivity index (χ2n) is 4.46. The van der Waals surface area contributed by atoms with Gasteiger partial charge < -0.3 is 10.1 Å². The number of nitrogens with zero attached hydrogens (tertiary/aromatic N) is 2. The van der Waals surface area contributed by atoms with E-state index in [0.29, 0.717) is 5.02 Å². The van der Waals surface area contributed by atoms with Crippen LogP contribution in [-0.2, 0) is 6.42 Å². The minimum absolute atomic E-state index is 0.121. The van der Waals surface area contributed by atoms with Crippen LogP contribution in [0.25, 0.3) is 0 Å². The fourth-order valence-corrected chi connectivity index (χ4v) is 2.79. The van der Waals surface area contributed by atoms with Gasteiger partial charge in [-0.05, 0) is 45.1 Å². The quantitative estimate of drug-likeness (QED) is 0.795. The van der Waals surface area contributed by atoms with Crippen LogP contribution in [0.5, 0.6) is 5.75 Å². The van der Waals surface area contributed by atoms with E-state index in [4.69, 9.17) is 16.3 Å². The summed E-state index contributed by atoms with van der Waals surface area (Å²) in [7, 11) is 1.95. The van der Waals surface area contributed by atoms with Gasteiger partial charge in [0, 0.05) is 11.4 Å². The molecule has 0 radical (unpaired) electrons. The molecule has 0 aliphatic heterocycles. The fraction of sp³-hybridized carbons (Fsp3) is 0.429. The van der Waals surface area contributed by atoms with Crippen LogP contribution in [0.4, 0.5) is 0 Å². The molecule has 4 nitrogen and oxygen atoms in total. The van der Waals surface area contributed by atoms with E-state index in [2.05, 4.69) is 15.5 Å². The average molecular weight is 312 g/mol. The van der Waals surface area contributed by atoms with E-state index in [1.165, 1.54) is 0 Å². The Kier molecular flexibility index (Phi) is 5.76. The number of rotatable bonds is 7. The summed E-state index contributed by atoms with van der Waals surface area (Å²) in [6.45, 7) is 2.96. The molecule has 2 aromatic rings. The normalized spacial score (nSPS) is 12.3. The summed E-state index contributed by atoms with van der Waals surface area (Å²) in [5, 5.41) is 14.1. The molecule has 108 valence electrons. The predicted octanol–water partition coefficient (Wildman–Crippen LogP) is 3.48. The zero-order valence-corrected chi connectivity index (χ0v) is 13.2. The third-order valence-electron chi connectivity index (χ3n) is 2.76. The van der Waals surface area contributed by atoms with Crippen LogP contribution >= 0.6 is 22.9 Å². The number of hydrogen-bond acceptors (Lipinski definition) is 5. The van der Waals surface area contributed by atoms with Crippen LogP contribution in [0.1, 0.15) is 29.5 Å². The summed E-state index contributed by atoms with van der Waals surface area (Å²) >= 11 is 7.54. The number of hydrogen-bond donors (Lipinski definition) is 1. The van der Waals surface area contributed by atoms with Gasteiger partial charge in [-0.25, -0.2) is 0 Å². The van der Waals surface area contributed by atoms with Crippen molar-refractivity contribution in [1.82, 2.24) is 15.5 Å². The number of nitrogens with one attached hydrogen (secondary N) is 1. The number of aryl methyl sites for hydroxylation is 1. The standard InChI is InChI=1S/C14H18ClN3OS/c1-10(19-12-6-3-5-11(15)9-12)14-18-17-13(20-14)7-4-8-16-2/h3,5-6,9-10,16H,4,7-8H2,1-2H3. The first-order valence-corrected chi connectivity index (χ1v) is 7.77. The van der Waals surface area contributed by atoms with Gasteiger partial charge in [-0.2, -0.15) is 0 Å². The van der Waals surface area contributed by atoms with Gasteiger partial charge >= 0.3 is 0 Å². The van der Waals surface area contributed by atoms with E-state index in [1.807, 2.05) is 32.2 Å². The Morgan fingerprint density at radius 2 is 2.25 bits per heavy atom. The molecule has 1 aromatic heterocycles. The highest BCUT2D eigenvalue weighted by molar-refractivity contribution is 7.11. The molecule has 0 spiro atoms. The Labute approximate surface area is 128 Å². The Morgan fingerprint density at radius 1 is 1.40 bits per heavy atom. The van der Waals surface area contributed by atoms with Crippen LogP contribution in [0.3, 0.4) is 0 Å². The summed E-state index contributed by atoms with van der Waals surface area (Å²) in [5.74, 6) is 0.747. The molecule has 1 aromatic carbocycles. The molecule has 2 rings (SSSR count). The van der Waals surface area contributed by atoms with Crippen molar-refractivity contribution in [2.45, 2.75) is 25.9 Å². The fourth-order valence-electron chi connectivity index (χ4n) is 1.74. The Bertz CT molecular complexity index is 547. The summed E-state index contributed by atoms with van der Waals surface area (Å²) in [6.07, 6.45) is 1.89. The van der Waals surface area contributed by atoms with Gasteiger partial charge in [0.05, 0.1) is 0 Å². The molecule has 0 amide bonds. The van der Waals surface area contributed by atoms with Gasteiger partial charge in [0.25, 0.3) is 0 Å². The van der Waals surface area contributed by atoms with Crippen molar-refractivity contribution >= 4 is 22.9 Å². The summed E-state index contributed by atoms with van der Waals surface area (Å²) in [6, 6.07) is 7.38. The lowest BCUT2D eigenvalue weighted by atomic mass is 10.3. The van der Waals surface area contributed by atoms with E-state index in [9.17, 15) is 0 Å². The second kappa shape index (κ2) is 7.57. The number of ether oxygens (including phenoxy) is 1. The smallest absolute Gasteiger partial charge is 0.157 e. The van der Waals surface area contributed by atoms with Gasteiger partial charge in [0.1, 0.15) is 16.9 Å². The summed E-state index contributed by atoms with van der Waals surface area (Å²) in [5.41, 5.74) is 0. The second-order valence-corrected chi connectivity index (χ2v) is 5.99. The lowest BCUT2D eigenvalue weighted by Gasteiger charge is -2.11. The number of halogens is 1. The van der Waals surface area contributed by atoms with E-state index in [0.717, 1.165) is 35.2 Å². The number of aromatic nitrogens is 2. The van der Waals surface area contributed by atoms with Gasteiger partial charge in [-0.1, -0.05) is 29.0 Å². The van der Waals surface area contributed by atoms with Crippen molar-refractivity contribution < 1.29 is 4.74 Å². The largest absolute Gasteiger partial charge is 0.483 e. The van der Waals surface area contributed by atoms with Gasteiger partial charge in [0.2, 0.25) is 0 Å². The first-order valence-electron chi connectivity index (χ1n) is 6.58. The molecule has 20 heavy (non-hydrogen) atoms. The third-order valence-corrected chi connectivity index (χ3v) is 4.14. The maximum atomic E-state index is 5.94. The zero-order valence-electron chi connectivity index (χ0n) is 11.6. The van der Waals surface area contributed by atoms with Crippen LogP contribution in [0.2, 0.25) is 5.02 Å². The van der Waals surface area contributed by atoms with Crippen molar-refractivity contribution in [3.63, 3.8) is 0 Å². The minimum Gasteiger partial charge on any atom is -0.483 e. The molecule has 0 aliphatic carbocycles. The molecule has 1 atom stereocenters. The molecule has 1 heterocycles. The molecule has 6 heteroatoms. The lowest BCUT2D eigenvalue weighted by Crippen LogP contribution is -2.08. The molecule has 0 aliphatic rings. The molecule has 0 fully saturated rings. The van der Waals surface area contributed by atoms with Gasteiger partial charge in [0.15, 0.2) is 5.01 Å². The first kappa shape index (κ1) is 15.2.